The fourth-order valence-corrected chi connectivity index (χ4v) is 8.64. The van der Waals surface area contributed by atoms with Gasteiger partial charge in [0.25, 0.3) is 6.29 Å². The summed E-state index contributed by atoms with van der Waals surface area (Å²) in [4.78, 5) is 37.5. The van der Waals surface area contributed by atoms with Crippen LogP contribution in [0.2, 0.25) is 0 Å². The molecule has 0 amide bonds. The molecule has 0 aliphatic rings. The Morgan fingerprint density at radius 3 is 1.12 bits per heavy atom. The fourth-order valence-electron chi connectivity index (χ4n) is 8.64. The van der Waals surface area contributed by atoms with E-state index >= 15 is 0 Å². The predicted molar refractivity (Wildman–Crippen MR) is 322 cm³/mol. The van der Waals surface area contributed by atoms with Gasteiger partial charge >= 0.3 is 17.9 Å². The Hall–Kier alpha value is -3.53. The topological polar surface area (TPSA) is 108 Å². The number of esters is 2. The molecular formula is C67H118NO8+. The number of unbranched alkanes of at least 4 members (excludes halogenated alkanes) is 28. The highest BCUT2D eigenvalue weighted by atomic mass is 16.7. The molecule has 2 unspecified atom stereocenters. The number of likely N-dealkylation sites (N-methyl/N-ethyl adjacent to an activating group) is 1. The van der Waals surface area contributed by atoms with Gasteiger partial charge in [-0.25, -0.2) is 4.79 Å². The van der Waals surface area contributed by atoms with Crippen LogP contribution in [0.1, 0.15) is 264 Å². The molecular weight excluding hydrogens is 947 g/mol. The first-order valence-corrected chi connectivity index (χ1v) is 31.3. The van der Waals surface area contributed by atoms with E-state index in [1.165, 1.54) is 135 Å². The Morgan fingerprint density at radius 2 is 0.750 bits per heavy atom. The lowest BCUT2D eigenvalue weighted by atomic mass is 10.0. The minimum atomic E-state index is -1.52. The molecule has 2 atom stereocenters. The molecule has 0 aromatic carbocycles. The average molecular weight is 1070 g/mol. The van der Waals surface area contributed by atoms with Crippen molar-refractivity contribution in [1.82, 2.24) is 0 Å². The van der Waals surface area contributed by atoms with Crippen LogP contribution in [0.25, 0.3) is 0 Å². The van der Waals surface area contributed by atoms with Gasteiger partial charge in [0.05, 0.1) is 34.4 Å². The number of carbonyl (C=O) groups excluding carboxylic acids is 2. The first kappa shape index (κ1) is 72.5. The van der Waals surface area contributed by atoms with E-state index in [1.54, 1.807) is 0 Å². The van der Waals surface area contributed by atoms with Crippen molar-refractivity contribution in [3.8, 4) is 0 Å². The van der Waals surface area contributed by atoms with Gasteiger partial charge in [-0.2, -0.15) is 0 Å². The molecule has 0 saturated heterocycles. The number of carboxylic acid groups (broad SMARTS) is 1. The number of quaternary nitrogens is 1. The van der Waals surface area contributed by atoms with Crippen molar-refractivity contribution in [2.75, 3.05) is 47.5 Å². The van der Waals surface area contributed by atoms with Crippen molar-refractivity contribution in [1.29, 1.82) is 0 Å². The molecule has 1 N–H and O–H groups in total. The van der Waals surface area contributed by atoms with Gasteiger partial charge in [0, 0.05) is 12.8 Å². The van der Waals surface area contributed by atoms with E-state index in [1.807, 2.05) is 21.1 Å². The summed E-state index contributed by atoms with van der Waals surface area (Å²) in [5.41, 5.74) is 0. The van der Waals surface area contributed by atoms with Crippen LogP contribution < -0.4 is 0 Å². The Kier molecular flexibility index (Phi) is 55.0. The van der Waals surface area contributed by atoms with Gasteiger partial charge in [0.2, 0.25) is 0 Å². The third-order valence-corrected chi connectivity index (χ3v) is 13.4. The van der Waals surface area contributed by atoms with Crippen molar-refractivity contribution in [2.45, 2.75) is 277 Å². The summed E-state index contributed by atoms with van der Waals surface area (Å²) in [5.74, 6) is -2.03. The highest BCUT2D eigenvalue weighted by molar-refractivity contribution is 5.71. The van der Waals surface area contributed by atoms with Crippen LogP contribution in [0.5, 0.6) is 0 Å². The quantitative estimate of drug-likeness (QED) is 0.0211. The van der Waals surface area contributed by atoms with E-state index < -0.39 is 24.3 Å². The molecule has 0 radical (unpaired) electrons. The van der Waals surface area contributed by atoms with E-state index in [0.29, 0.717) is 23.9 Å². The van der Waals surface area contributed by atoms with Gasteiger partial charge < -0.3 is 28.5 Å². The molecule has 76 heavy (non-hydrogen) atoms. The lowest BCUT2D eigenvalue weighted by Gasteiger charge is -2.25. The second-order valence-corrected chi connectivity index (χ2v) is 22.0. The maximum atomic E-state index is 12.9. The van der Waals surface area contributed by atoms with Gasteiger partial charge in [0.15, 0.2) is 6.10 Å². The molecule has 0 heterocycles. The van der Waals surface area contributed by atoms with E-state index in [0.717, 1.165) is 96.3 Å². The number of carbonyl (C=O) groups is 3. The zero-order valence-electron chi connectivity index (χ0n) is 49.9. The molecule has 0 spiro atoms. The maximum absolute atomic E-state index is 12.9. The van der Waals surface area contributed by atoms with Crippen LogP contribution >= 0.6 is 0 Å². The molecule has 0 rings (SSSR count). The van der Waals surface area contributed by atoms with Crippen molar-refractivity contribution < 1.29 is 42.9 Å². The molecule has 0 aromatic rings. The van der Waals surface area contributed by atoms with Crippen LogP contribution in [0.15, 0.2) is 85.1 Å². The summed E-state index contributed by atoms with van der Waals surface area (Å²) in [7, 11) is 5.96. The molecule has 0 bridgehead atoms. The number of ether oxygens (including phenoxy) is 4. The van der Waals surface area contributed by atoms with Gasteiger partial charge in [-0.1, -0.05) is 266 Å². The summed E-state index contributed by atoms with van der Waals surface area (Å²) in [6.07, 6.45) is 73.8. The number of hydrogen-bond donors (Lipinski definition) is 1. The molecule has 0 aliphatic carbocycles. The van der Waals surface area contributed by atoms with Crippen LogP contribution in [-0.2, 0) is 33.3 Å². The summed E-state index contributed by atoms with van der Waals surface area (Å²) in [5, 5.41) is 9.72. The number of carboxylic acids is 1. The number of rotatable bonds is 57. The Morgan fingerprint density at radius 1 is 0.408 bits per heavy atom. The summed E-state index contributed by atoms with van der Waals surface area (Å²) in [6, 6.07) is 0. The third kappa shape index (κ3) is 58.2. The zero-order chi connectivity index (χ0) is 55.5. The van der Waals surface area contributed by atoms with Crippen molar-refractivity contribution in [2.24, 2.45) is 0 Å². The second-order valence-electron chi connectivity index (χ2n) is 22.0. The Bertz CT molecular complexity index is 1520. The molecule has 438 valence electrons. The highest BCUT2D eigenvalue weighted by Crippen LogP contribution is 2.17. The standard InChI is InChI=1S/C67H117NO8/c1-6-8-10-12-14-16-18-20-22-24-26-28-30-32-33-34-36-38-40-42-44-46-48-50-52-54-56-58-65(70)76-63(62-75-67(66(71)72)73-60-59-68(3,4)5)61-74-64(69)57-55-53-51-49-47-45-43-41-39-37-35-31-29-27-25-23-21-19-17-15-13-11-9-7-2/h8,10,14,16,20,22,26,28,32-33,36,38,42,44,63,67H,6-7,9,11-13,15,17-19,21,23-25,27,29-31,34-35,37,39-41,43,45-62H2,1-5H3/p+1/b10-8-,16-14-,22-20-,28-26-,33-32-,38-36-,44-42-. The smallest absolute Gasteiger partial charge is 0.361 e. The monoisotopic (exact) mass is 1060 g/mol. The van der Waals surface area contributed by atoms with Gasteiger partial charge in [-0.05, 0) is 70.6 Å². The highest BCUT2D eigenvalue weighted by Gasteiger charge is 2.25. The number of allylic oxidation sites excluding steroid dienone is 14. The van der Waals surface area contributed by atoms with E-state index in [9.17, 15) is 19.5 Å². The van der Waals surface area contributed by atoms with E-state index in [2.05, 4.69) is 98.9 Å². The lowest BCUT2D eigenvalue weighted by Crippen LogP contribution is -2.40. The van der Waals surface area contributed by atoms with Crippen LogP contribution in [0.4, 0.5) is 0 Å². The fraction of sp³-hybridized carbons (Fsp3) is 0.746. The van der Waals surface area contributed by atoms with Gasteiger partial charge in [0.1, 0.15) is 13.2 Å². The van der Waals surface area contributed by atoms with Crippen molar-refractivity contribution >= 4 is 17.9 Å². The van der Waals surface area contributed by atoms with Crippen LogP contribution in [0.3, 0.4) is 0 Å². The molecule has 0 fully saturated rings. The minimum absolute atomic E-state index is 0.181. The third-order valence-electron chi connectivity index (χ3n) is 13.4. The Balaban J connectivity index is 4.26. The van der Waals surface area contributed by atoms with Crippen LogP contribution in [0, 0.1) is 0 Å². The molecule has 9 heteroatoms. The molecule has 9 nitrogen and oxygen atoms in total. The number of nitrogens with zero attached hydrogens (tertiary/aromatic N) is 1. The van der Waals surface area contributed by atoms with Crippen molar-refractivity contribution in [3.05, 3.63) is 85.1 Å². The van der Waals surface area contributed by atoms with E-state index in [-0.39, 0.29) is 32.2 Å². The Labute approximate surface area is 468 Å². The molecule has 0 saturated carbocycles. The first-order chi connectivity index (χ1) is 37.1. The molecule has 0 aliphatic heterocycles. The average Bonchev–Trinajstić information content (AvgIpc) is 3.39. The molecule has 0 aromatic heterocycles. The van der Waals surface area contributed by atoms with Gasteiger partial charge in [-0.3, -0.25) is 9.59 Å². The summed E-state index contributed by atoms with van der Waals surface area (Å²) in [6.45, 7) is 4.76. The summed E-state index contributed by atoms with van der Waals surface area (Å²) < 4.78 is 22.9. The summed E-state index contributed by atoms with van der Waals surface area (Å²) >= 11 is 0. The number of hydrogen-bond acceptors (Lipinski definition) is 7. The minimum Gasteiger partial charge on any atom is -0.477 e. The second kappa shape index (κ2) is 57.6. The maximum Gasteiger partial charge on any atom is 0.361 e. The SMILES string of the molecule is CC/C=C\C/C=C\C/C=C\C/C=C\C/C=C\C/C=C\C/C=C\CCCCCCCC(=O)OC(COC(=O)CCCCCCCCCCCCCCCCCCCCCCCCCC)COC(OCC[N+](C)(C)C)C(=O)O. The normalized spacial score (nSPS) is 13.3. The first-order valence-electron chi connectivity index (χ1n) is 31.3. The van der Waals surface area contributed by atoms with Gasteiger partial charge in [-0.15, -0.1) is 0 Å². The zero-order valence-corrected chi connectivity index (χ0v) is 49.9. The largest absolute Gasteiger partial charge is 0.477 e. The van der Waals surface area contributed by atoms with Crippen molar-refractivity contribution in [3.63, 3.8) is 0 Å². The number of aliphatic carboxylic acids is 1. The lowest BCUT2D eigenvalue weighted by molar-refractivity contribution is -0.870. The van der Waals surface area contributed by atoms with Crippen LogP contribution in [-0.4, -0.2) is 87.4 Å². The predicted octanol–water partition coefficient (Wildman–Crippen LogP) is 18.7. The van der Waals surface area contributed by atoms with E-state index in [4.69, 9.17) is 18.9 Å².